The second-order valence-corrected chi connectivity index (χ2v) is 6.14. The summed E-state index contributed by atoms with van der Waals surface area (Å²) in [5.41, 5.74) is 0. The number of hydrogen-bond acceptors (Lipinski definition) is 4. The average Bonchev–Trinajstić information content (AvgIpc) is 2.57. The summed E-state index contributed by atoms with van der Waals surface area (Å²) < 4.78 is 22.2. The smallest absolute Gasteiger partial charge is 0.161 e. The summed E-state index contributed by atoms with van der Waals surface area (Å²) in [6.45, 7) is 4.05. The Kier molecular flexibility index (Phi) is 8.49. The zero-order valence-electron chi connectivity index (χ0n) is 13.8. The molecule has 0 bridgehead atoms. The van der Waals surface area contributed by atoms with Crippen LogP contribution >= 0.6 is 34.8 Å². The van der Waals surface area contributed by atoms with Crippen molar-refractivity contribution in [2.45, 2.75) is 6.92 Å². The first-order valence-electron chi connectivity index (χ1n) is 7.81. The van der Waals surface area contributed by atoms with Gasteiger partial charge in [-0.05, 0) is 31.2 Å². The summed E-state index contributed by atoms with van der Waals surface area (Å²) in [5.74, 6) is 1.82. The van der Waals surface area contributed by atoms with Crippen LogP contribution in [0.1, 0.15) is 6.92 Å². The Hall–Kier alpha value is -1.33. The van der Waals surface area contributed by atoms with E-state index in [4.69, 9.17) is 53.8 Å². The van der Waals surface area contributed by atoms with Crippen LogP contribution in [0.3, 0.4) is 0 Å². The highest BCUT2D eigenvalue weighted by Gasteiger charge is 2.09. The molecule has 0 aliphatic heterocycles. The molecule has 0 atom stereocenters. The van der Waals surface area contributed by atoms with Gasteiger partial charge in [0.1, 0.15) is 13.2 Å². The maximum atomic E-state index is 6.04. The first-order valence-corrected chi connectivity index (χ1v) is 8.95. The van der Waals surface area contributed by atoms with Crippen LogP contribution < -0.4 is 14.2 Å². The fourth-order valence-electron chi connectivity index (χ4n) is 2.03. The highest BCUT2D eigenvalue weighted by molar-refractivity contribution is 6.40. The molecule has 0 heterocycles. The molecular weight excluding hydrogens is 387 g/mol. The third kappa shape index (κ3) is 6.48. The van der Waals surface area contributed by atoms with Crippen molar-refractivity contribution >= 4 is 34.8 Å². The molecule has 0 fully saturated rings. The van der Waals surface area contributed by atoms with E-state index in [2.05, 4.69) is 0 Å². The topological polar surface area (TPSA) is 36.9 Å². The molecule has 7 heteroatoms. The fraction of sp³-hybridized carbons (Fsp3) is 0.333. The minimum atomic E-state index is 0.316. The molecule has 0 spiro atoms. The van der Waals surface area contributed by atoms with Gasteiger partial charge in [0.25, 0.3) is 0 Å². The van der Waals surface area contributed by atoms with Crippen molar-refractivity contribution in [2.75, 3.05) is 33.0 Å². The van der Waals surface area contributed by atoms with Crippen molar-refractivity contribution in [3.63, 3.8) is 0 Å². The number of para-hydroxylation sites is 2. The zero-order chi connectivity index (χ0) is 18.1. The molecule has 2 aromatic rings. The Morgan fingerprint density at radius 3 is 1.92 bits per heavy atom. The molecule has 2 aromatic carbocycles. The molecular formula is C18H19Cl3O4. The predicted molar refractivity (Wildman–Crippen MR) is 101 cm³/mol. The second kappa shape index (κ2) is 10.6. The van der Waals surface area contributed by atoms with Crippen LogP contribution in [0.2, 0.25) is 15.1 Å². The van der Waals surface area contributed by atoms with Gasteiger partial charge in [-0.3, -0.25) is 0 Å². The Labute approximate surface area is 162 Å². The van der Waals surface area contributed by atoms with Gasteiger partial charge in [0.2, 0.25) is 0 Å². The minimum absolute atomic E-state index is 0.316. The molecule has 4 nitrogen and oxygen atoms in total. The van der Waals surface area contributed by atoms with E-state index in [9.17, 15) is 0 Å². The normalized spacial score (nSPS) is 10.6. The van der Waals surface area contributed by atoms with Crippen molar-refractivity contribution in [3.8, 4) is 17.2 Å². The Morgan fingerprint density at radius 2 is 1.32 bits per heavy atom. The van der Waals surface area contributed by atoms with E-state index >= 15 is 0 Å². The van der Waals surface area contributed by atoms with Crippen LogP contribution in [0, 0.1) is 0 Å². The van der Waals surface area contributed by atoms with E-state index in [0.29, 0.717) is 59.6 Å². The van der Waals surface area contributed by atoms with Gasteiger partial charge in [-0.15, -0.1) is 0 Å². The quantitative estimate of drug-likeness (QED) is 0.488. The van der Waals surface area contributed by atoms with E-state index in [0.717, 1.165) is 5.75 Å². The van der Waals surface area contributed by atoms with E-state index in [1.165, 1.54) is 0 Å². The van der Waals surface area contributed by atoms with Crippen LogP contribution in [0.5, 0.6) is 17.2 Å². The summed E-state index contributed by atoms with van der Waals surface area (Å²) in [4.78, 5) is 0. The lowest BCUT2D eigenvalue weighted by Crippen LogP contribution is -2.12. The lowest BCUT2D eigenvalue weighted by atomic mass is 10.3. The third-order valence-electron chi connectivity index (χ3n) is 3.07. The van der Waals surface area contributed by atoms with Gasteiger partial charge in [0.15, 0.2) is 17.2 Å². The maximum absolute atomic E-state index is 6.04. The minimum Gasteiger partial charge on any atom is -0.490 e. The van der Waals surface area contributed by atoms with Gasteiger partial charge in [-0.2, -0.15) is 0 Å². The first-order chi connectivity index (χ1) is 12.1. The number of ether oxygens (including phenoxy) is 4. The Bertz CT molecular complexity index is 656. The standard InChI is InChI=1S/C18H19Cl3O4/c1-2-23-16-5-3-4-6-17(16)24-9-7-22-8-10-25-18-14(20)11-13(19)12-15(18)21/h3-6,11-12H,2,7-10H2,1H3. The molecule has 2 rings (SSSR count). The summed E-state index contributed by atoms with van der Waals surface area (Å²) in [6.07, 6.45) is 0. The van der Waals surface area contributed by atoms with E-state index in [1.54, 1.807) is 12.1 Å². The average molecular weight is 406 g/mol. The predicted octanol–water partition coefficient (Wildman–Crippen LogP) is 5.52. The summed E-state index contributed by atoms with van der Waals surface area (Å²) >= 11 is 17.9. The summed E-state index contributed by atoms with van der Waals surface area (Å²) in [6, 6.07) is 10.7. The molecule has 0 saturated heterocycles. The molecule has 0 aliphatic rings. The van der Waals surface area contributed by atoms with Crippen LogP contribution in [-0.2, 0) is 4.74 Å². The fourth-order valence-corrected chi connectivity index (χ4v) is 2.95. The molecule has 0 amide bonds. The second-order valence-electron chi connectivity index (χ2n) is 4.89. The van der Waals surface area contributed by atoms with E-state index in [1.807, 2.05) is 31.2 Å². The van der Waals surface area contributed by atoms with Crippen LogP contribution in [-0.4, -0.2) is 33.0 Å². The third-order valence-corrected chi connectivity index (χ3v) is 3.85. The van der Waals surface area contributed by atoms with E-state index < -0.39 is 0 Å². The first kappa shape index (κ1) is 20.0. The zero-order valence-corrected chi connectivity index (χ0v) is 16.0. The summed E-state index contributed by atoms with van der Waals surface area (Å²) in [7, 11) is 0. The Balaban J connectivity index is 1.66. The molecule has 0 N–H and O–H groups in total. The SMILES string of the molecule is CCOc1ccccc1OCCOCCOc1c(Cl)cc(Cl)cc1Cl. The number of hydrogen-bond donors (Lipinski definition) is 0. The van der Waals surface area contributed by atoms with Crippen LogP contribution in [0.25, 0.3) is 0 Å². The number of rotatable bonds is 10. The molecule has 0 radical (unpaired) electrons. The van der Waals surface area contributed by atoms with Gasteiger partial charge < -0.3 is 18.9 Å². The monoisotopic (exact) mass is 404 g/mol. The van der Waals surface area contributed by atoms with Crippen LogP contribution in [0.4, 0.5) is 0 Å². The Morgan fingerprint density at radius 1 is 0.760 bits per heavy atom. The van der Waals surface area contributed by atoms with Crippen molar-refractivity contribution in [3.05, 3.63) is 51.5 Å². The van der Waals surface area contributed by atoms with Crippen LogP contribution in [0.15, 0.2) is 36.4 Å². The van der Waals surface area contributed by atoms with Gasteiger partial charge in [0.05, 0.1) is 29.9 Å². The molecule has 136 valence electrons. The van der Waals surface area contributed by atoms with Crippen molar-refractivity contribution in [1.82, 2.24) is 0 Å². The molecule has 25 heavy (non-hydrogen) atoms. The van der Waals surface area contributed by atoms with Gasteiger partial charge >= 0.3 is 0 Å². The lowest BCUT2D eigenvalue weighted by Gasteiger charge is -2.12. The van der Waals surface area contributed by atoms with Crippen molar-refractivity contribution < 1.29 is 18.9 Å². The molecule has 0 unspecified atom stereocenters. The van der Waals surface area contributed by atoms with Gasteiger partial charge in [0, 0.05) is 5.02 Å². The summed E-state index contributed by atoms with van der Waals surface area (Å²) in [5, 5.41) is 1.20. The highest BCUT2D eigenvalue weighted by atomic mass is 35.5. The maximum Gasteiger partial charge on any atom is 0.161 e. The van der Waals surface area contributed by atoms with Crippen molar-refractivity contribution in [1.29, 1.82) is 0 Å². The van der Waals surface area contributed by atoms with E-state index in [-0.39, 0.29) is 0 Å². The molecule has 0 aromatic heterocycles. The highest BCUT2D eigenvalue weighted by Crippen LogP contribution is 2.35. The lowest BCUT2D eigenvalue weighted by molar-refractivity contribution is 0.0756. The van der Waals surface area contributed by atoms with Gasteiger partial charge in [-0.1, -0.05) is 46.9 Å². The number of benzene rings is 2. The number of halogens is 3. The van der Waals surface area contributed by atoms with Gasteiger partial charge in [-0.25, -0.2) is 0 Å². The molecule has 0 saturated carbocycles. The largest absolute Gasteiger partial charge is 0.490 e. The van der Waals surface area contributed by atoms with Crippen molar-refractivity contribution in [2.24, 2.45) is 0 Å². The molecule has 0 aliphatic carbocycles.